The van der Waals surface area contributed by atoms with Gasteiger partial charge in [0.2, 0.25) is 0 Å². The minimum absolute atomic E-state index is 0.109. The lowest BCUT2D eigenvalue weighted by atomic mass is 10.2. The molecule has 0 aromatic carbocycles. The van der Waals surface area contributed by atoms with E-state index < -0.39 is 0 Å². The number of amidine groups is 1. The van der Waals surface area contributed by atoms with Crippen LogP contribution in [0.5, 0.6) is 0 Å². The van der Waals surface area contributed by atoms with E-state index in [1.165, 1.54) is 0 Å². The van der Waals surface area contributed by atoms with Crippen molar-refractivity contribution >= 4 is 11.9 Å². The molecule has 5 heteroatoms. The van der Waals surface area contributed by atoms with E-state index in [2.05, 4.69) is 13.8 Å². The Morgan fingerprint density at radius 2 is 2.00 bits per heavy atom. The van der Waals surface area contributed by atoms with Crippen molar-refractivity contribution in [1.29, 1.82) is 5.41 Å². The lowest BCUT2D eigenvalue weighted by Gasteiger charge is -2.29. The highest BCUT2D eigenvalue weighted by molar-refractivity contribution is 5.79. The zero-order valence-corrected chi connectivity index (χ0v) is 10.9. The molecule has 1 saturated heterocycles. The summed E-state index contributed by atoms with van der Waals surface area (Å²) < 4.78 is 0. The van der Waals surface area contributed by atoms with Crippen molar-refractivity contribution < 1.29 is 4.79 Å². The summed E-state index contributed by atoms with van der Waals surface area (Å²) in [5, 5.41) is 7.25. The first-order valence-electron chi connectivity index (χ1n) is 6.37. The van der Waals surface area contributed by atoms with Gasteiger partial charge in [-0.1, -0.05) is 13.8 Å². The molecule has 0 radical (unpaired) electrons. The maximum atomic E-state index is 12.2. The highest BCUT2D eigenvalue weighted by Gasteiger charge is 2.23. The number of hydrogen-bond donors (Lipinski definition) is 2. The summed E-state index contributed by atoms with van der Waals surface area (Å²) in [4.78, 5) is 16.0. The third-order valence-corrected chi connectivity index (χ3v) is 2.88. The Hall–Kier alpha value is -1.26. The van der Waals surface area contributed by atoms with Crippen molar-refractivity contribution in [2.75, 3.05) is 26.2 Å². The molecule has 1 rings (SSSR count). The van der Waals surface area contributed by atoms with Gasteiger partial charge in [-0.05, 0) is 18.8 Å². The Balaban J connectivity index is 2.53. The summed E-state index contributed by atoms with van der Waals surface area (Å²) in [5.74, 6) is 0.585. The van der Waals surface area contributed by atoms with E-state index in [0.29, 0.717) is 18.9 Å². The Morgan fingerprint density at radius 3 is 2.47 bits per heavy atom. The van der Waals surface area contributed by atoms with Crippen LogP contribution < -0.4 is 5.73 Å². The van der Waals surface area contributed by atoms with Crippen LogP contribution in [-0.2, 0) is 0 Å². The minimum Gasteiger partial charge on any atom is -0.388 e. The van der Waals surface area contributed by atoms with E-state index in [1.54, 1.807) is 0 Å². The van der Waals surface area contributed by atoms with Gasteiger partial charge in [-0.3, -0.25) is 5.41 Å². The first kappa shape index (κ1) is 13.8. The van der Waals surface area contributed by atoms with E-state index in [-0.39, 0.29) is 11.9 Å². The van der Waals surface area contributed by atoms with Crippen LogP contribution in [0, 0.1) is 11.3 Å². The second-order valence-corrected chi connectivity index (χ2v) is 5.09. The number of nitrogens with two attached hydrogens (primary N) is 1. The van der Waals surface area contributed by atoms with Gasteiger partial charge in [-0.15, -0.1) is 0 Å². The molecule has 0 atom stereocenters. The SMILES string of the molecule is CC(C)CN(CCC(=N)N)C(=O)N1CCCC1. The fourth-order valence-corrected chi connectivity index (χ4v) is 2.07. The Kier molecular flexibility index (Phi) is 5.25. The summed E-state index contributed by atoms with van der Waals surface area (Å²) in [5.41, 5.74) is 5.36. The molecule has 0 aromatic heterocycles. The molecule has 17 heavy (non-hydrogen) atoms. The summed E-state index contributed by atoms with van der Waals surface area (Å²) >= 11 is 0. The third-order valence-electron chi connectivity index (χ3n) is 2.88. The highest BCUT2D eigenvalue weighted by atomic mass is 16.2. The van der Waals surface area contributed by atoms with E-state index in [4.69, 9.17) is 11.1 Å². The van der Waals surface area contributed by atoms with Crippen LogP contribution in [0.1, 0.15) is 33.1 Å². The van der Waals surface area contributed by atoms with Crippen LogP contribution >= 0.6 is 0 Å². The zero-order valence-electron chi connectivity index (χ0n) is 10.9. The highest BCUT2D eigenvalue weighted by Crippen LogP contribution is 2.12. The van der Waals surface area contributed by atoms with E-state index in [0.717, 1.165) is 32.5 Å². The van der Waals surface area contributed by atoms with Gasteiger partial charge in [-0.25, -0.2) is 4.79 Å². The van der Waals surface area contributed by atoms with Gasteiger partial charge in [0.05, 0.1) is 5.84 Å². The smallest absolute Gasteiger partial charge is 0.320 e. The molecule has 0 spiro atoms. The number of carbonyl (C=O) groups is 1. The van der Waals surface area contributed by atoms with Gasteiger partial charge in [0.25, 0.3) is 0 Å². The molecule has 2 amide bonds. The van der Waals surface area contributed by atoms with Gasteiger partial charge < -0.3 is 15.5 Å². The molecule has 0 bridgehead atoms. The van der Waals surface area contributed by atoms with Crippen molar-refractivity contribution in [3.8, 4) is 0 Å². The lowest BCUT2D eigenvalue weighted by molar-refractivity contribution is 0.158. The van der Waals surface area contributed by atoms with Gasteiger partial charge in [0.1, 0.15) is 0 Å². The van der Waals surface area contributed by atoms with Crippen LogP contribution in [0.15, 0.2) is 0 Å². The Morgan fingerprint density at radius 1 is 1.41 bits per heavy atom. The Labute approximate surface area is 103 Å². The van der Waals surface area contributed by atoms with E-state index >= 15 is 0 Å². The first-order chi connectivity index (χ1) is 8.00. The maximum absolute atomic E-state index is 12.2. The number of likely N-dealkylation sites (tertiary alicyclic amines) is 1. The lowest BCUT2D eigenvalue weighted by Crippen LogP contribution is -2.44. The molecule has 5 nitrogen and oxygen atoms in total. The molecule has 3 N–H and O–H groups in total. The number of urea groups is 1. The molecule has 0 aliphatic carbocycles. The van der Waals surface area contributed by atoms with Crippen LogP contribution in [-0.4, -0.2) is 47.8 Å². The number of nitrogens with one attached hydrogen (secondary N) is 1. The minimum atomic E-state index is 0.109. The zero-order chi connectivity index (χ0) is 12.8. The average molecular weight is 240 g/mol. The quantitative estimate of drug-likeness (QED) is 0.564. The molecule has 1 aliphatic rings. The Bertz CT molecular complexity index is 272. The summed E-state index contributed by atoms with van der Waals surface area (Å²) in [6.45, 7) is 7.22. The molecule has 98 valence electrons. The van der Waals surface area contributed by atoms with Crippen molar-refractivity contribution in [3.63, 3.8) is 0 Å². The molecule has 1 fully saturated rings. The second kappa shape index (κ2) is 6.47. The fourth-order valence-electron chi connectivity index (χ4n) is 2.07. The standard InChI is InChI=1S/C12H24N4O/c1-10(2)9-16(8-5-11(13)14)12(17)15-6-3-4-7-15/h10H,3-9H2,1-2H3,(H3,13,14). The number of rotatable bonds is 5. The summed E-state index contributed by atoms with van der Waals surface area (Å²) in [6, 6.07) is 0.109. The molecular weight excluding hydrogens is 216 g/mol. The van der Waals surface area contributed by atoms with Gasteiger partial charge >= 0.3 is 6.03 Å². The van der Waals surface area contributed by atoms with Crippen molar-refractivity contribution in [1.82, 2.24) is 9.80 Å². The summed E-state index contributed by atoms with van der Waals surface area (Å²) in [6.07, 6.45) is 2.67. The third kappa shape index (κ3) is 4.63. The first-order valence-corrected chi connectivity index (χ1v) is 6.37. The summed E-state index contributed by atoms with van der Waals surface area (Å²) in [7, 11) is 0. The number of amides is 2. The fraction of sp³-hybridized carbons (Fsp3) is 0.833. The molecule has 0 unspecified atom stereocenters. The van der Waals surface area contributed by atoms with Crippen LogP contribution in [0.25, 0.3) is 0 Å². The molecular formula is C12H24N4O. The molecule has 0 aromatic rings. The van der Waals surface area contributed by atoms with Crippen molar-refractivity contribution in [2.24, 2.45) is 11.7 Å². The normalized spacial score (nSPS) is 15.4. The number of hydrogen-bond acceptors (Lipinski definition) is 2. The monoisotopic (exact) mass is 240 g/mol. The predicted octanol–water partition coefficient (Wildman–Crippen LogP) is 1.49. The maximum Gasteiger partial charge on any atom is 0.320 e. The van der Waals surface area contributed by atoms with Crippen LogP contribution in [0.4, 0.5) is 4.79 Å². The van der Waals surface area contributed by atoms with Gasteiger partial charge in [0, 0.05) is 32.6 Å². The molecule has 1 aliphatic heterocycles. The van der Waals surface area contributed by atoms with Crippen molar-refractivity contribution in [3.05, 3.63) is 0 Å². The number of carbonyl (C=O) groups excluding carboxylic acids is 1. The second-order valence-electron chi connectivity index (χ2n) is 5.09. The van der Waals surface area contributed by atoms with Gasteiger partial charge in [0.15, 0.2) is 0 Å². The molecule has 1 heterocycles. The van der Waals surface area contributed by atoms with E-state index in [1.807, 2.05) is 9.80 Å². The van der Waals surface area contributed by atoms with Gasteiger partial charge in [-0.2, -0.15) is 0 Å². The van der Waals surface area contributed by atoms with Crippen molar-refractivity contribution in [2.45, 2.75) is 33.1 Å². The van der Waals surface area contributed by atoms with Crippen LogP contribution in [0.2, 0.25) is 0 Å². The number of nitrogens with zero attached hydrogens (tertiary/aromatic N) is 2. The molecule has 0 saturated carbocycles. The van der Waals surface area contributed by atoms with Crippen LogP contribution in [0.3, 0.4) is 0 Å². The average Bonchev–Trinajstić information content (AvgIpc) is 2.75. The topological polar surface area (TPSA) is 73.4 Å². The largest absolute Gasteiger partial charge is 0.388 e. The predicted molar refractivity (Wildman–Crippen MR) is 69.1 cm³/mol. The van der Waals surface area contributed by atoms with E-state index in [9.17, 15) is 4.79 Å².